The highest BCUT2D eigenvalue weighted by Crippen LogP contribution is 2.30. The van der Waals surface area contributed by atoms with E-state index in [0.717, 1.165) is 26.9 Å². The predicted octanol–water partition coefficient (Wildman–Crippen LogP) is 4.61. The molecule has 170 valence electrons. The van der Waals surface area contributed by atoms with E-state index in [1.807, 2.05) is 48.9 Å². The minimum atomic E-state index is -1.36. The molecule has 4 rings (SSSR count). The Morgan fingerprint density at radius 2 is 1.79 bits per heavy atom. The highest BCUT2D eigenvalue weighted by Gasteiger charge is 2.49. The SMILES string of the molecule is CSc1cccc(-n2c(C)cc(C(=O)CN3C(=O)NC(C)(c4ccc(F)cc4)C3=O)c2C)c1. The molecule has 1 N–H and O–H groups in total. The van der Waals surface area contributed by atoms with Crippen molar-refractivity contribution < 1.29 is 18.8 Å². The normalized spacial score (nSPS) is 18.0. The van der Waals surface area contributed by atoms with Gasteiger partial charge in [0.25, 0.3) is 5.91 Å². The number of ketones is 1. The monoisotopic (exact) mass is 465 g/mol. The van der Waals surface area contributed by atoms with Crippen molar-refractivity contribution in [2.75, 3.05) is 12.8 Å². The van der Waals surface area contributed by atoms with Crippen molar-refractivity contribution >= 4 is 29.5 Å². The smallest absolute Gasteiger partial charge is 0.319 e. The Hall–Kier alpha value is -3.39. The summed E-state index contributed by atoms with van der Waals surface area (Å²) in [4.78, 5) is 41.0. The number of carbonyl (C=O) groups is 3. The molecular weight excluding hydrogens is 441 g/mol. The summed E-state index contributed by atoms with van der Waals surface area (Å²) in [6.07, 6.45) is 2.00. The van der Waals surface area contributed by atoms with Crippen LogP contribution in [-0.4, -0.2) is 40.0 Å². The lowest BCUT2D eigenvalue weighted by atomic mass is 9.92. The Morgan fingerprint density at radius 1 is 1.09 bits per heavy atom. The molecule has 2 heterocycles. The third-order valence-corrected chi connectivity index (χ3v) is 6.77. The van der Waals surface area contributed by atoms with Gasteiger partial charge in [-0.15, -0.1) is 11.8 Å². The molecule has 0 saturated carbocycles. The number of hydrogen-bond acceptors (Lipinski definition) is 4. The van der Waals surface area contributed by atoms with E-state index in [9.17, 15) is 18.8 Å². The highest BCUT2D eigenvalue weighted by molar-refractivity contribution is 7.98. The summed E-state index contributed by atoms with van der Waals surface area (Å²) in [5.41, 5.74) is 2.10. The first-order chi connectivity index (χ1) is 15.7. The lowest BCUT2D eigenvalue weighted by Gasteiger charge is -2.22. The number of Topliss-reactive ketones (excluding diaryl/α,β-unsaturated/α-hetero) is 1. The number of benzene rings is 2. The van der Waals surface area contributed by atoms with Gasteiger partial charge in [-0.1, -0.05) is 18.2 Å². The molecule has 1 fully saturated rings. The largest absolute Gasteiger partial charge is 0.325 e. The molecule has 0 radical (unpaired) electrons. The van der Waals surface area contributed by atoms with Gasteiger partial charge in [0.2, 0.25) is 0 Å². The van der Waals surface area contributed by atoms with E-state index in [1.165, 1.54) is 24.3 Å². The molecular formula is C25H24FN3O3S. The lowest BCUT2D eigenvalue weighted by molar-refractivity contribution is -0.130. The maximum absolute atomic E-state index is 13.3. The zero-order valence-corrected chi connectivity index (χ0v) is 19.6. The number of urea groups is 1. The molecule has 3 amide bonds. The van der Waals surface area contributed by atoms with E-state index < -0.39 is 23.3 Å². The number of rotatable bonds is 6. The number of nitrogens with zero attached hydrogens (tertiary/aromatic N) is 2. The predicted molar refractivity (Wildman–Crippen MR) is 125 cm³/mol. The van der Waals surface area contributed by atoms with Gasteiger partial charge in [0, 0.05) is 27.5 Å². The molecule has 2 aromatic carbocycles. The zero-order chi connectivity index (χ0) is 23.9. The van der Waals surface area contributed by atoms with Crippen LogP contribution in [0.15, 0.2) is 59.5 Å². The number of thioether (sulfide) groups is 1. The van der Waals surface area contributed by atoms with Gasteiger partial charge in [0.05, 0.1) is 6.54 Å². The maximum atomic E-state index is 13.3. The number of amides is 3. The number of halogens is 1. The third kappa shape index (κ3) is 3.95. The fourth-order valence-electron chi connectivity index (χ4n) is 4.24. The molecule has 0 spiro atoms. The topological polar surface area (TPSA) is 71.4 Å². The molecule has 1 unspecified atom stereocenters. The van der Waals surface area contributed by atoms with Crippen LogP contribution in [0.4, 0.5) is 9.18 Å². The summed E-state index contributed by atoms with van der Waals surface area (Å²) in [6.45, 7) is 4.93. The number of aromatic nitrogens is 1. The van der Waals surface area contributed by atoms with E-state index >= 15 is 0 Å². The average Bonchev–Trinajstić information content (AvgIpc) is 3.21. The first-order valence-corrected chi connectivity index (χ1v) is 11.6. The van der Waals surface area contributed by atoms with Gasteiger partial charge >= 0.3 is 6.03 Å². The van der Waals surface area contributed by atoms with Crippen LogP contribution in [-0.2, 0) is 10.3 Å². The third-order valence-electron chi connectivity index (χ3n) is 6.04. The Labute approximate surface area is 195 Å². The molecule has 1 aliphatic rings. The number of aryl methyl sites for hydroxylation is 1. The average molecular weight is 466 g/mol. The summed E-state index contributed by atoms with van der Waals surface area (Å²) >= 11 is 1.63. The minimum absolute atomic E-state index is 0.331. The molecule has 6 nitrogen and oxygen atoms in total. The maximum Gasteiger partial charge on any atom is 0.325 e. The highest BCUT2D eigenvalue weighted by atomic mass is 32.2. The van der Waals surface area contributed by atoms with Crippen LogP contribution < -0.4 is 5.32 Å². The van der Waals surface area contributed by atoms with Gasteiger partial charge < -0.3 is 9.88 Å². The summed E-state index contributed by atoms with van der Waals surface area (Å²) < 4.78 is 15.3. The standard InChI is InChI=1S/C25H24FN3O3S/c1-15-12-21(16(2)29(15)19-6-5-7-20(13-19)33-4)22(30)14-28-23(31)25(3,27-24(28)32)17-8-10-18(26)11-9-17/h5-13H,14H2,1-4H3,(H,27,32). The second kappa shape index (κ2) is 8.51. The van der Waals surface area contributed by atoms with Crippen molar-refractivity contribution in [1.29, 1.82) is 0 Å². The van der Waals surface area contributed by atoms with Crippen molar-refractivity contribution in [3.63, 3.8) is 0 Å². The first-order valence-electron chi connectivity index (χ1n) is 10.4. The molecule has 0 aliphatic carbocycles. The van der Waals surface area contributed by atoms with Crippen LogP contribution in [0.1, 0.15) is 34.2 Å². The minimum Gasteiger partial charge on any atom is -0.319 e. The summed E-state index contributed by atoms with van der Waals surface area (Å²) in [6, 6.07) is 14.5. The van der Waals surface area contributed by atoms with Crippen molar-refractivity contribution in [2.24, 2.45) is 0 Å². The van der Waals surface area contributed by atoms with Crippen LogP contribution in [0, 0.1) is 19.7 Å². The molecule has 1 atom stereocenters. The zero-order valence-electron chi connectivity index (χ0n) is 18.8. The number of carbonyl (C=O) groups excluding carboxylic acids is 3. The van der Waals surface area contributed by atoms with Crippen molar-refractivity contribution in [2.45, 2.75) is 31.2 Å². The fourth-order valence-corrected chi connectivity index (χ4v) is 4.69. The summed E-state index contributed by atoms with van der Waals surface area (Å²) in [5.74, 6) is -1.32. The van der Waals surface area contributed by atoms with Crippen LogP contribution in [0.5, 0.6) is 0 Å². The molecule has 1 saturated heterocycles. The molecule has 3 aromatic rings. The number of nitrogens with one attached hydrogen (secondary N) is 1. The van der Waals surface area contributed by atoms with E-state index in [4.69, 9.17) is 0 Å². The summed E-state index contributed by atoms with van der Waals surface area (Å²) in [7, 11) is 0. The van der Waals surface area contributed by atoms with Crippen molar-refractivity contribution in [1.82, 2.24) is 14.8 Å². The van der Waals surface area contributed by atoms with Gasteiger partial charge in [-0.05, 0) is 69.0 Å². The second-order valence-corrected chi connectivity index (χ2v) is 9.08. The van der Waals surface area contributed by atoms with Crippen LogP contribution in [0.3, 0.4) is 0 Å². The van der Waals surface area contributed by atoms with E-state index in [2.05, 4.69) is 5.32 Å². The van der Waals surface area contributed by atoms with Crippen LogP contribution >= 0.6 is 11.8 Å². The summed E-state index contributed by atoms with van der Waals surface area (Å²) in [5, 5.41) is 2.65. The van der Waals surface area contributed by atoms with E-state index in [-0.39, 0.29) is 12.3 Å². The van der Waals surface area contributed by atoms with Gasteiger partial charge in [-0.2, -0.15) is 0 Å². The molecule has 1 aliphatic heterocycles. The second-order valence-electron chi connectivity index (χ2n) is 8.20. The van der Waals surface area contributed by atoms with Crippen LogP contribution in [0.25, 0.3) is 5.69 Å². The fraction of sp³-hybridized carbons (Fsp3) is 0.240. The van der Waals surface area contributed by atoms with Gasteiger partial charge in [0.15, 0.2) is 5.78 Å². The van der Waals surface area contributed by atoms with Gasteiger partial charge in [-0.3, -0.25) is 14.5 Å². The quantitative estimate of drug-likeness (QED) is 0.328. The molecule has 1 aromatic heterocycles. The van der Waals surface area contributed by atoms with Gasteiger partial charge in [-0.25, -0.2) is 9.18 Å². The number of hydrogen-bond donors (Lipinski definition) is 1. The van der Waals surface area contributed by atoms with E-state index in [1.54, 1.807) is 24.8 Å². The Morgan fingerprint density at radius 3 is 2.45 bits per heavy atom. The van der Waals surface area contributed by atoms with Gasteiger partial charge in [0.1, 0.15) is 11.4 Å². The Kier molecular flexibility index (Phi) is 5.88. The number of imide groups is 1. The Balaban J connectivity index is 1.60. The Bertz CT molecular complexity index is 1270. The first kappa shape index (κ1) is 22.8. The molecule has 33 heavy (non-hydrogen) atoms. The van der Waals surface area contributed by atoms with Crippen molar-refractivity contribution in [3.05, 3.63) is 82.9 Å². The van der Waals surface area contributed by atoms with Crippen LogP contribution in [0.2, 0.25) is 0 Å². The molecule has 8 heteroatoms. The van der Waals surface area contributed by atoms with E-state index in [0.29, 0.717) is 11.1 Å². The van der Waals surface area contributed by atoms with Crippen molar-refractivity contribution in [3.8, 4) is 5.69 Å². The molecule has 0 bridgehead atoms. The lowest BCUT2D eigenvalue weighted by Crippen LogP contribution is -2.41.